The molecule has 0 bridgehead atoms. The van der Waals surface area contributed by atoms with Crippen molar-refractivity contribution < 1.29 is 17.9 Å². The first-order valence-electron chi connectivity index (χ1n) is 8.59. The fourth-order valence-electron chi connectivity index (χ4n) is 2.30. The average Bonchev–Trinajstić information content (AvgIpc) is 2.65. The number of sulfonamides is 1. The Morgan fingerprint density at radius 2 is 1.74 bits per heavy atom. The number of carbonyl (C=O) groups excluding carboxylic acids is 1. The second kappa shape index (κ2) is 9.73. The number of carbonyl (C=O) groups is 1. The monoisotopic (exact) mass is 410 g/mol. The molecule has 0 fully saturated rings. The average molecular weight is 411 g/mol. The second-order valence-electron chi connectivity index (χ2n) is 6.00. The van der Waals surface area contributed by atoms with Gasteiger partial charge in [-0.15, -0.1) is 0 Å². The minimum atomic E-state index is -3.51. The van der Waals surface area contributed by atoms with Crippen LogP contribution in [-0.2, 0) is 14.8 Å². The third-order valence-electron chi connectivity index (χ3n) is 3.79. The van der Waals surface area contributed by atoms with Crippen molar-refractivity contribution in [1.82, 2.24) is 10.0 Å². The molecular weight excluding hydrogens is 388 g/mol. The van der Waals surface area contributed by atoms with Crippen LogP contribution in [0.1, 0.15) is 31.9 Å². The molecule has 0 aromatic heterocycles. The van der Waals surface area contributed by atoms with Crippen LogP contribution in [0, 0.1) is 0 Å². The first kappa shape index (κ1) is 21.2. The minimum absolute atomic E-state index is 0.157. The molecule has 1 atom stereocenters. The van der Waals surface area contributed by atoms with E-state index in [0.717, 1.165) is 5.56 Å². The number of nitrogens with one attached hydrogen (secondary N) is 2. The van der Waals surface area contributed by atoms with E-state index >= 15 is 0 Å². The summed E-state index contributed by atoms with van der Waals surface area (Å²) in [4.78, 5) is 12.2. The van der Waals surface area contributed by atoms with Crippen LogP contribution in [0.25, 0.3) is 0 Å². The lowest BCUT2D eigenvalue weighted by atomic mass is 10.1. The topological polar surface area (TPSA) is 84.5 Å². The highest BCUT2D eigenvalue weighted by Gasteiger charge is 2.13. The van der Waals surface area contributed by atoms with Crippen molar-refractivity contribution in [1.29, 1.82) is 0 Å². The quantitative estimate of drug-likeness (QED) is 0.664. The number of benzene rings is 2. The number of amides is 1. The van der Waals surface area contributed by atoms with Gasteiger partial charge in [-0.1, -0.05) is 30.7 Å². The first-order chi connectivity index (χ1) is 12.8. The van der Waals surface area contributed by atoms with E-state index in [9.17, 15) is 13.2 Å². The molecule has 0 aliphatic rings. The molecule has 146 valence electrons. The van der Waals surface area contributed by atoms with E-state index in [1.807, 2.05) is 26.0 Å². The molecule has 0 saturated carbocycles. The lowest BCUT2D eigenvalue weighted by Gasteiger charge is -2.15. The molecule has 27 heavy (non-hydrogen) atoms. The van der Waals surface area contributed by atoms with Gasteiger partial charge in [0, 0.05) is 11.6 Å². The molecule has 0 aliphatic heterocycles. The number of halogens is 1. The van der Waals surface area contributed by atoms with Crippen molar-refractivity contribution in [3.63, 3.8) is 0 Å². The van der Waals surface area contributed by atoms with Crippen molar-refractivity contribution in [3.8, 4) is 5.75 Å². The molecule has 0 aliphatic carbocycles. The predicted octanol–water partition coefficient (Wildman–Crippen LogP) is 3.28. The number of hydrogen-bond acceptors (Lipinski definition) is 4. The summed E-state index contributed by atoms with van der Waals surface area (Å²) in [5.74, 6) is 0.137. The highest BCUT2D eigenvalue weighted by molar-refractivity contribution is 7.89. The molecule has 0 spiro atoms. The molecule has 0 radical (unpaired) electrons. The van der Waals surface area contributed by atoms with Crippen LogP contribution in [0.5, 0.6) is 5.75 Å². The molecule has 6 nitrogen and oxygen atoms in total. The maximum absolute atomic E-state index is 12.0. The summed E-state index contributed by atoms with van der Waals surface area (Å²) in [6.07, 6.45) is 0.712. The van der Waals surface area contributed by atoms with Crippen molar-refractivity contribution >= 4 is 27.5 Å². The molecule has 0 heterocycles. The van der Waals surface area contributed by atoms with Crippen molar-refractivity contribution in [2.75, 3.05) is 13.2 Å². The van der Waals surface area contributed by atoms with Gasteiger partial charge in [-0.3, -0.25) is 4.79 Å². The Morgan fingerprint density at radius 3 is 2.33 bits per heavy atom. The van der Waals surface area contributed by atoms with E-state index < -0.39 is 10.0 Å². The zero-order valence-corrected chi connectivity index (χ0v) is 16.8. The van der Waals surface area contributed by atoms with E-state index in [1.165, 1.54) is 24.3 Å². The summed E-state index contributed by atoms with van der Waals surface area (Å²) in [5.41, 5.74) is 0.932. The number of hydrogen-bond donors (Lipinski definition) is 2. The molecule has 0 saturated heterocycles. The van der Waals surface area contributed by atoms with Gasteiger partial charge in [0.25, 0.3) is 5.91 Å². The molecule has 2 aromatic carbocycles. The zero-order valence-electron chi connectivity index (χ0n) is 15.2. The third-order valence-corrected chi connectivity index (χ3v) is 5.52. The van der Waals surface area contributed by atoms with Crippen LogP contribution < -0.4 is 14.8 Å². The Balaban J connectivity index is 1.87. The van der Waals surface area contributed by atoms with Gasteiger partial charge in [0.1, 0.15) is 5.75 Å². The maximum atomic E-state index is 12.0. The third kappa shape index (κ3) is 6.53. The van der Waals surface area contributed by atoms with Crippen molar-refractivity contribution in [2.45, 2.75) is 31.2 Å². The smallest absolute Gasteiger partial charge is 0.258 e. The van der Waals surface area contributed by atoms with Crippen LogP contribution in [0.2, 0.25) is 5.02 Å². The summed E-state index contributed by atoms with van der Waals surface area (Å²) in [5, 5.41) is 3.47. The van der Waals surface area contributed by atoms with Crippen LogP contribution in [0.3, 0.4) is 0 Å². The lowest BCUT2D eigenvalue weighted by Crippen LogP contribution is -2.31. The first-order valence-corrected chi connectivity index (χ1v) is 10.5. The predicted molar refractivity (Wildman–Crippen MR) is 105 cm³/mol. The number of rotatable bonds is 9. The lowest BCUT2D eigenvalue weighted by molar-refractivity contribution is -0.123. The Kier molecular flexibility index (Phi) is 7.65. The van der Waals surface area contributed by atoms with E-state index in [0.29, 0.717) is 23.7 Å². The van der Waals surface area contributed by atoms with Crippen molar-refractivity contribution in [3.05, 3.63) is 59.1 Å². The van der Waals surface area contributed by atoms with Crippen LogP contribution in [0.4, 0.5) is 0 Å². The normalized spacial score (nSPS) is 12.4. The summed E-state index contributed by atoms with van der Waals surface area (Å²) < 4.78 is 32.0. The molecule has 1 unspecified atom stereocenters. The van der Waals surface area contributed by atoms with Gasteiger partial charge in [0.05, 0.1) is 10.9 Å². The summed E-state index contributed by atoms with van der Waals surface area (Å²) in [6.45, 7) is 3.97. The van der Waals surface area contributed by atoms with E-state index in [1.54, 1.807) is 12.1 Å². The minimum Gasteiger partial charge on any atom is -0.484 e. The zero-order chi connectivity index (χ0) is 19.9. The van der Waals surface area contributed by atoms with Gasteiger partial charge < -0.3 is 10.1 Å². The van der Waals surface area contributed by atoms with Gasteiger partial charge in [0.15, 0.2) is 6.61 Å². The second-order valence-corrected chi connectivity index (χ2v) is 8.20. The fourth-order valence-corrected chi connectivity index (χ4v) is 3.56. The SMILES string of the molecule is CCCNS(=O)(=O)c1ccc(OCC(=O)NC(C)c2ccc(Cl)cc2)cc1. The van der Waals surface area contributed by atoms with Crippen LogP contribution >= 0.6 is 11.6 Å². The molecule has 2 N–H and O–H groups in total. The Bertz CT molecular complexity index is 852. The Labute approximate surface area is 164 Å². The maximum Gasteiger partial charge on any atom is 0.258 e. The summed E-state index contributed by atoms with van der Waals surface area (Å²) >= 11 is 5.85. The summed E-state index contributed by atoms with van der Waals surface area (Å²) in [6, 6.07) is 13.0. The van der Waals surface area contributed by atoms with Crippen LogP contribution in [0.15, 0.2) is 53.4 Å². The number of ether oxygens (including phenoxy) is 1. The van der Waals surface area contributed by atoms with Gasteiger partial charge in [0.2, 0.25) is 10.0 Å². The van der Waals surface area contributed by atoms with Gasteiger partial charge >= 0.3 is 0 Å². The highest BCUT2D eigenvalue weighted by Crippen LogP contribution is 2.17. The van der Waals surface area contributed by atoms with Crippen LogP contribution in [-0.4, -0.2) is 27.5 Å². The highest BCUT2D eigenvalue weighted by atomic mass is 35.5. The molecular formula is C19H23ClN2O4S. The summed E-state index contributed by atoms with van der Waals surface area (Å²) in [7, 11) is -3.51. The van der Waals surface area contributed by atoms with Gasteiger partial charge in [-0.25, -0.2) is 13.1 Å². The molecule has 1 amide bonds. The van der Waals surface area contributed by atoms with E-state index in [4.69, 9.17) is 16.3 Å². The Hall–Kier alpha value is -2.09. The van der Waals surface area contributed by atoms with Gasteiger partial charge in [-0.05, 0) is 55.3 Å². The molecule has 8 heteroatoms. The van der Waals surface area contributed by atoms with Gasteiger partial charge in [-0.2, -0.15) is 0 Å². The Morgan fingerprint density at radius 1 is 1.11 bits per heavy atom. The largest absolute Gasteiger partial charge is 0.484 e. The fraction of sp³-hybridized carbons (Fsp3) is 0.316. The molecule has 2 rings (SSSR count). The van der Waals surface area contributed by atoms with E-state index in [-0.39, 0.29) is 23.5 Å². The van der Waals surface area contributed by atoms with Crippen molar-refractivity contribution in [2.24, 2.45) is 0 Å². The standard InChI is InChI=1S/C19H23ClN2O4S/c1-3-12-21-27(24,25)18-10-8-17(9-11-18)26-13-19(23)22-14(2)15-4-6-16(20)7-5-15/h4-11,14,21H,3,12-13H2,1-2H3,(H,22,23). The van der Waals surface area contributed by atoms with E-state index in [2.05, 4.69) is 10.0 Å². The molecule has 2 aromatic rings.